The van der Waals surface area contributed by atoms with Crippen LogP contribution in [0, 0.1) is 5.82 Å². The molecule has 0 saturated heterocycles. The highest BCUT2D eigenvalue weighted by Crippen LogP contribution is 2.05. The van der Waals surface area contributed by atoms with Gasteiger partial charge in [-0.3, -0.25) is 4.79 Å². The lowest BCUT2D eigenvalue weighted by molar-refractivity contribution is 0.0754. The van der Waals surface area contributed by atoms with E-state index in [4.69, 9.17) is 4.74 Å². The summed E-state index contributed by atoms with van der Waals surface area (Å²) in [7, 11) is 0. The van der Waals surface area contributed by atoms with Gasteiger partial charge in [-0.1, -0.05) is 12.1 Å². The lowest BCUT2D eigenvalue weighted by Crippen LogP contribution is -2.25. The number of halogens is 1. The van der Waals surface area contributed by atoms with Crippen LogP contribution in [-0.4, -0.2) is 25.2 Å². The van der Waals surface area contributed by atoms with Gasteiger partial charge in [0.2, 0.25) is 0 Å². The van der Waals surface area contributed by atoms with Crippen LogP contribution in [0.15, 0.2) is 24.3 Å². The first-order valence-electron chi connectivity index (χ1n) is 6.25. The minimum atomic E-state index is -0.488. The summed E-state index contributed by atoms with van der Waals surface area (Å²) >= 11 is 0. The number of nitrogens with one attached hydrogen (secondary N) is 1. The molecule has 0 atom stereocenters. The summed E-state index contributed by atoms with van der Waals surface area (Å²) in [6.07, 6.45) is 1.95. The standard InChI is InChI=1S/C14H20FNO2/c1-11(2)18-10-6-5-9-16-14(17)12-7-3-4-8-13(12)15/h3-4,7-8,11H,5-6,9-10H2,1-2H3,(H,16,17). The Morgan fingerprint density at radius 3 is 2.72 bits per heavy atom. The second-order valence-corrected chi connectivity index (χ2v) is 4.36. The van der Waals surface area contributed by atoms with E-state index in [1.54, 1.807) is 12.1 Å². The number of benzene rings is 1. The minimum absolute atomic E-state index is 0.0935. The van der Waals surface area contributed by atoms with E-state index in [1.165, 1.54) is 12.1 Å². The summed E-state index contributed by atoms with van der Waals surface area (Å²) in [5, 5.41) is 2.69. The molecule has 1 aromatic rings. The Balaban J connectivity index is 2.20. The molecule has 0 aliphatic rings. The van der Waals surface area contributed by atoms with Crippen LogP contribution in [-0.2, 0) is 4.74 Å². The molecule has 0 aromatic heterocycles. The Morgan fingerprint density at radius 1 is 1.33 bits per heavy atom. The van der Waals surface area contributed by atoms with Gasteiger partial charge in [0.15, 0.2) is 0 Å². The van der Waals surface area contributed by atoms with Gasteiger partial charge in [-0.2, -0.15) is 0 Å². The van der Waals surface area contributed by atoms with Crippen LogP contribution in [0.4, 0.5) is 4.39 Å². The molecule has 0 fully saturated rings. The van der Waals surface area contributed by atoms with E-state index >= 15 is 0 Å². The first kappa shape index (κ1) is 14.6. The molecule has 100 valence electrons. The lowest BCUT2D eigenvalue weighted by atomic mass is 10.2. The van der Waals surface area contributed by atoms with Gasteiger partial charge in [-0.15, -0.1) is 0 Å². The molecule has 0 saturated carbocycles. The zero-order chi connectivity index (χ0) is 13.4. The van der Waals surface area contributed by atoms with E-state index in [-0.39, 0.29) is 17.6 Å². The maximum atomic E-state index is 13.3. The predicted molar refractivity (Wildman–Crippen MR) is 69.1 cm³/mol. The van der Waals surface area contributed by atoms with Crippen LogP contribution in [0.25, 0.3) is 0 Å². The zero-order valence-electron chi connectivity index (χ0n) is 10.9. The second-order valence-electron chi connectivity index (χ2n) is 4.36. The zero-order valence-corrected chi connectivity index (χ0v) is 10.9. The number of unbranched alkanes of at least 4 members (excludes halogenated alkanes) is 1. The summed E-state index contributed by atoms with van der Waals surface area (Å²) in [6.45, 7) is 5.20. The summed E-state index contributed by atoms with van der Waals surface area (Å²) in [5.41, 5.74) is 0.0935. The summed E-state index contributed by atoms with van der Waals surface area (Å²) in [6, 6.07) is 5.97. The van der Waals surface area contributed by atoms with E-state index in [0.29, 0.717) is 13.2 Å². The van der Waals surface area contributed by atoms with E-state index in [1.807, 2.05) is 13.8 Å². The van der Waals surface area contributed by atoms with Crippen LogP contribution in [0.3, 0.4) is 0 Å². The fourth-order valence-corrected chi connectivity index (χ4v) is 1.49. The van der Waals surface area contributed by atoms with Crippen LogP contribution < -0.4 is 5.32 Å². The topological polar surface area (TPSA) is 38.3 Å². The first-order valence-corrected chi connectivity index (χ1v) is 6.25. The van der Waals surface area contributed by atoms with Crippen molar-refractivity contribution in [1.29, 1.82) is 0 Å². The van der Waals surface area contributed by atoms with Crippen molar-refractivity contribution in [2.45, 2.75) is 32.8 Å². The average Bonchev–Trinajstić information content (AvgIpc) is 2.33. The van der Waals surface area contributed by atoms with E-state index in [2.05, 4.69) is 5.32 Å². The quantitative estimate of drug-likeness (QED) is 0.759. The third-order valence-corrected chi connectivity index (χ3v) is 2.43. The Bertz CT molecular complexity index is 380. The van der Waals surface area contributed by atoms with Gasteiger partial charge in [0.1, 0.15) is 5.82 Å². The van der Waals surface area contributed by atoms with Crippen LogP contribution in [0.2, 0.25) is 0 Å². The molecule has 1 rings (SSSR count). The number of rotatable bonds is 7. The van der Waals surface area contributed by atoms with Gasteiger partial charge in [-0.25, -0.2) is 4.39 Å². The predicted octanol–water partition coefficient (Wildman–Crippen LogP) is 2.76. The summed E-state index contributed by atoms with van der Waals surface area (Å²) in [5.74, 6) is -0.851. The SMILES string of the molecule is CC(C)OCCCCNC(=O)c1ccccc1F. The maximum absolute atomic E-state index is 13.3. The molecule has 0 aliphatic heterocycles. The molecule has 1 aromatic carbocycles. The van der Waals surface area contributed by atoms with Gasteiger partial charge in [0, 0.05) is 13.2 Å². The van der Waals surface area contributed by atoms with E-state index < -0.39 is 5.82 Å². The highest BCUT2D eigenvalue weighted by Gasteiger charge is 2.09. The molecule has 0 bridgehead atoms. The van der Waals surface area contributed by atoms with Crippen molar-refractivity contribution in [3.8, 4) is 0 Å². The second kappa shape index (κ2) is 7.82. The Hall–Kier alpha value is -1.42. The van der Waals surface area contributed by atoms with Crippen molar-refractivity contribution in [3.63, 3.8) is 0 Å². The molecular formula is C14H20FNO2. The van der Waals surface area contributed by atoms with Gasteiger partial charge in [0.25, 0.3) is 5.91 Å². The minimum Gasteiger partial charge on any atom is -0.379 e. The molecule has 1 amide bonds. The van der Waals surface area contributed by atoms with Crippen LogP contribution in [0.5, 0.6) is 0 Å². The number of amides is 1. The van der Waals surface area contributed by atoms with Crippen molar-refractivity contribution in [1.82, 2.24) is 5.32 Å². The third-order valence-electron chi connectivity index (χ3n) is 2.43. The molecule has 1 N–H and O–H groups in total. The highest BCUT2D eigenvalue weighted by molar-refractivity contribution is 5.94. The molecule has 0 aliphatic carbocycles. The lowest BCUT2D eigenvalue weighted by Gasteiger charge is -2.08. The Morgan fingerprint density at radius 2 is 2.06 bits per heavy atom. The summed E-state index contributed by atoms with van der Waals surface area (Å²) in [4.78, 5) is 11.6. The van der Waals surface area contributed by atoms with Gasteiger partial charge in [0.05, 0.1) is 11.7 Å². The molecule has 0 heterocycles. The average molecular weight is 253 g/mol. The van der Waals surface area contributed by atoms with Crippen molar-refractivity contribution in [2.75, 3.05) is 13.2 Å². The number of ether oxygens (including phenoxy) is 1. The number of carbonyl (C=O) groups excluding carboxylic acids is 1. The Labute approximate surface area is 107 Å². The van der Waals surface area contributed by atoms with Gasteiger partial charge in [-0.05, 0) is 38.8 Å². The highest BCUT2D eigenvalue weighted by atomic mass is 19.1. The number of hydrogen-bond acceptors (Lipinski definition) is 2. The van der Waals surface area contributed by atoms with E-state index in [0.717, 1.165) is 12.8 Å². The van der Waals surface area contributed by atoms with Gasteiger partial charge >= 0.3 is 0 Å². The third kappa shape index (κ3) is 5.27. The largest absolute Gasteiger partial charge is 0.379 e. The molecular weight excluding hydrogens is 233 g/mol. The normalized spacial score (nSPS) is 10.7. The smallest absolute Gasteiger partial charge is 0.254 e. The number of hydrogen-bond donors (Lipinski definition) is 1. The van der Waals surface area contributed by atoms with Crippen LogP contribution >= 0.6 is 0 Å². The fourth-order valence-electron chi connectivity index (χ4n) is 1.49. The fraction of sp³-hybridized carbons (Fsp3) is 0.500. The molecule has 18 heavy (non-hydrogen) atoms. The molecule has 0 radical (unpaired) electrons. The number of carbonyl (C=O) groups is 1. The monoisotopic (exact) mass is 253 g/mol. The van der Waals surface area contributed by atoms with Crippen molar-refractivity contribution in [3.05, 3.63) is 35.6 Å². The molecule has 4 heteroatoms. The maximum Gasteiger partial charge on any atom is 0.254 e. The van der Waals surface area contributed by atoms with Crippen molar-refractivity contribution < 1.29 is 13.9 Å². The van der Waals surface area contributed by atoms with Crippen molar-refractivity contribution >= 4 is 5.91 Å². The summed E-state index contributed by atoms with van der Waals surface area (Å²) < 4.78 is 18.7. The molecule has 0 spiro atoms. The van der Waals surface area contributed by atoms with E-state index in [9.17, 15) is 9.18 Å². The first-order chi connectivity index (χ1) is 8.61. The van der Waals surface area contributed by atoms with Crippen LogP contribution in [0.1, 0.15) is 37.0 Å². The van der Waals surface area contributed by atoms with Crippen molar-refractivity contribution in [2.24, 2.45) is 0 Å². The van der Waals surface area contributed by atoms with Gasteiger partial charge < -0.3 is 10.1 Å². The Kier molecular flexibility index (Phi) is 6.36. The molecule has 0 unspecified atom stereocenters. The molecule has 3 nitrogen and oxygen atoms in total.